The zero-order valence-corrected chi connectivity index (χ0v) is 15.5. The number of carbonyl (C=O) groups excluding carboxylic acids is 1. The highest BCUT2D eigenvalue weighted by molar-refractivity contribution is 5.89. The highest BCUT2D eigenvalue weighted by Crippen LogP contribution is 2.26. The molecule has 0 aliphatic carbocycles. The van der Waals surface area contributed by atoms with Gasteiger partial charge >= 0.3 is 0 Å². The summed E-state index contributed by atoms with van der Waals surface area (Å²) in [6.07, 6.45) is -0.501. The van der Waals surface area contributed by atoms with Gasteiger partial charge in [-0.1, -0.05) is 54.6 Å². The van der Waals surface area contributed by atoms with E-state index in [1.54, 1.807) is 0 Å². The van der Waals surface area contributed by atoms with Crippen molar-refractivity contribution in [1.29, 1.82) is 0 Å². The van der Waals surface area contributed by atoms with Gasteiger partial charge in [-0.3, -0.25) is 4.79 Å². The van der Waals surface area contributed by atoms with Gasteiger partial charge in [-0.25, -0.2) is 0 Å². The van der Waals surface area contributed by atoms with Gasteiger partial charge < -0.3 is 14.5 Å². The summed E-state index contributed by atoms with van der Waals surface area (Å²) in [7, 11) is 0. The highest BCUT2D eigenvalue weighted by Gasteiger charge is 2.26. The van der Waals surface area contributed by atoms with E-state index in [9.17, 15) is 4.79 Å². The van der Waals surface area contributed by atoms with E-state index in [1.165, 1.54) is 5.69 Å². The number of fused-ring (bicyclic) bond motifs is 1. The molecule has 0 saturated carbocycles. The van der Waals surface area contributed by atoms with Crippen molar-refractivity contribution in [3.63, 3.8) is 0 Å². The first-order valence-electron chi connectivity index (χ1n) is 9.45. The zero-order chi connectivity index (χ0) is 18.6. The predicted molar refractivity (Wildman–Crippen MR) is 109 cm³/mol. The molecule has 1 saturated heterocycles. The number of carbonyl (C=O) groups is 1. The van der Waals surface area contributed by atoms with E-state index < -0.39 is 6.10 Å². The molecule has 0 radical (unpaired) electrons. The normalized spacial score (nSPS) is 15.6. The van der Waals surface area contributed by atoms with Gasteiger partial charge in [0.25, 0.3) is 5.91 Å². The fraction of sp³-hybridized carbons (Fsp3) is 0.261. The summed E-state index contributed by atoms with van der Waals surface area (Å²) in [6, 6.07) is 24.4. The number of benzene rings is 3. The van der Waals surface area contributed by atoms with Crippen LogP contribution in [0.5, 0.6) is 5.75 Å². The Morgan fingerprint density at radius 3 is 2.30 bits per heavy atom. The number of amides is 1. The monoisotopic (exact) mass is 360 g/mol. The largest absolute Gasteiger partial charge is 0.480 e. The summed E-state index contributed by atoms with van der Waals surface area (Å²) in [6.45, 7) is 4.97. The third-order valence-electron chi connectivity index (χ3n) is 5.11. The molecule has 0 N–H and O–H groups in total. The van der Waals surface area contributed by atoms with Crippen LogP contribution in [0.4, 0.5) is 5.69 Å². The molecule has 4 heteroatoms. The summed E-state index contributed by atoms with van der Waals surface area (Å²) >= 11 is 0. The number of para-hydroxylation sites is 1. The van der Waals surface area contributed by atoms with E-state index in [0.29, 0.717) is 0 Å². The van der Waals surface area contributed by atoms with Gasteiger partial charge in [-0.05, 0) is 30.5 Å². The van der Waals surface area contributed by atoms with Crippen LogP contribution in [0.1, 0.15) is 6.92 Å². The van der Waals surface area contributed by atoms with Gasteiger partial charge in [0.15, 0.2) is 6.10 Å². The predicted octanol–water partition coefficient (Wildman–Crippen LogP) is 3.96. The van der Waals surface area contributed by atoms with E-state index >= 15 is 0 Å². The van der Waals surface area contributed by atoms with Crippen LogP contribution in [-0.4, -0.2) is 43.1 Å². The highest BCUT2D eigenvalue weighted by atomic mass is 16.5. The van der Waals surface area contributed by atoms with Crippen molar-refractivity contribution in [3.8, 4) is 5.75 Å². The molecule has 138 valence electrons. The van der Waals surface area contributed by atoms with Crippen molar-refractivity contribution in [2.45, 2.75) is 13.0 Å². The van der Waals surface area contributed by atoms with E-state index in [1.807, 2.05) is 60.4 Å². The van der Waals surface area contributed by atoms with Gasteiger partial charge in [0.05, 0.1) is 0 Å². The van der Waals surface area contributed by atoms with Crippen LogP contribution >= 0.6 is 0 Å². The van der Waals surface area contributed by atoms with Gasteiger partial charge in [0, 0.05) is 37.3 Å². The molecule has 3 aromatic carbocycles. The maximum atomic E-state index is 12.9. The van der Waals surface area contributed by atoms with Crippen LogP contribution < -0.4 is 9.64 Å². The lowest BCUT2D eigenvalue weighted by molar-refractivity contribution is -0.138. The zero-order valence-electron chi connectivity index (χ0n) is 15.5. The maximum Gasteiger partial charge on any atom is 0.263 e. The summed E-state index contributed by atoms with van der Waals surface area (Å²) in [5, 5.41) is 2.15. The lowest BCUT2D eigenvalue weighted by atomic mass is 10.1. The van der Waals surface area contributed by atoms with Gasteiger partial charge in [0.1, 0.15) is 5.75 Å². The number of hydrogen-bond donors (Lipinski definition) is 0. The molecule has 4 nitrogen and oxygen atoms in total. The quantitative estimate of drug-likeness (QED) is 0.706. The van der Waals surface area contributed by atoms with Crippen LogP contribution in [0.3, 0.4) is 0 Å². The Morgan fingerprint density at radius 1 is 0.852 bits per heavy atom. The van der Waals surface area contributed by atoms with Crippen LogP contribution in [-0.2, 0) is 4.79 Å². The van der Waals surface area contributed by atoms with Crippen molar-refractivity contribution in [2.75, 3.05) is 31.1 Å². The Kier molecular flexibility index (Phi) is 4.97. The van der Waals surface area contributed by atoms with Gasteiger partial charge in [-0.2, -0.15) is 0 Å². The third kappa shape index (κ3) is 3.75. The van der Waals surface area contributed by atoms with Crippen LogP contribution in [0.15, 0.2) is 72.8 Å². The number of anilines is 1. The molecule has 3 aromatic rings. The minimum atomic E-state index is -0.501. The van der Waals surface area contributed by atoms with E-state index in [4.69, 9.17) is 4.74 Å². The lowest BCUT2D eigenvalue weighted by Crippen LogP contribution is -2.52. The molecule has 1 aliphatic heterocycles. The van der Waals surface area contributed by atoms with Crippen molar-refractivity contribution in [3.05, 3.63) is 72.8 Å². The van der Waals surface area contributed by atoms with Crippen LogP contribution in [0.25, 0.3) is 10.8 Å². The maximum absolute atomic E-state index is 12.9. The first-order chi connectivity index (χ1) is 13.2. The second kappa shape index (κ2) is 7.70. The van der Waals surface area contributed by atoms with Crippen LogP contribution in [0.2, 0.25) is 0 Å². The second-order valence-electron chi connectivity index (χ2n) is 6.89. The van der Waals surface area contributed by atoms with Crippen molar-refractivity contribution < 1.29 is 9.53 Å². The van der Waals surface area contributed by atoms with Gasteiger partial charge in [-0.15, -0.1) is 0 Å². The molecule has 1 fully saturated rings. The Labute approximate surface area is 160 Å². The Bertz CT molecular complexity index is 913. The van der Waals surface area contributed by atoms with Crippen molar-refractivity contribution in [2.24, 2.45) is 0 Å². The Hall–Kier alpha value is -3.01. The lowest BCUT2D eigenvalue weighted by Gasteiger charge is -2.37. The molecular formula is C23H24N2O2. The molecule has 1 atom stereocenters. The number of hydrogen-bond acceptors (Lipinski definition) is 3. The number of rotatable bonds is 4. The summed E-state index contributed by atoms with van der Waals surface area (Å²) in [5.41, 5.74) is 1.21. The number of nitrogens with zero attached hydrogens (tertiary/aromatic N) is 2. The Morgan fingerprint density at radius 2 is 1.52 bits per heavy atom. The molecule has 0 aromatic heterocycles. The first-order valence-corrected chi connectivity index (χ1v) is 9.45. The third-order valence-corrected chi connectivity index (χ3v) is 5.11. The summed E-state index contributed by atoms with van der Waals surface area (Å²) < 4.78 is 6.05. The minimum Gasteiger partial charge on any atom is -0.480 e. The number of ether oxygens (including phenoxy) is 1. The van der Waals surface area contributed by atoms with E-state index in [-0.39, 0.29) is 5.91 Å². The van der Waals surface area contributed by atoms with Crippen molar-refractivity contribution in [1.82, 2.24) is 4.90 Å². The fourth-order valence-electron chi connectivity index (χ4n) is 3.62. The second-order valence-corrected chi connectivity index (χ2v) is 6.89. The molecule has 1 heterocycles. The molecule has 0 unspecified atom stereocenters. The average molecular weight is 360 g/mol. The summed E-state index contributed by atoms with van der Waals surface area (Å²) in [5.74, 6) is 0.813. The topological polar surface area (TPSA) is 32.8 Å². The fourth-order valence-corrected chi connectivity index (χ4v) is 3.62. The molecule has 0 spiro atoms. The van der Waals surface area contributed by atoms with Crippen molar-refractivity contribution >= 4 is 22.4 Å². The molecule has 1 amide bonds. The summed E-state index contributed by atoms with van der Waals surface area (Å²) in [4.78, 5) is 17.1. The smallest absolute Gasteiger partial charge is 0.263 e. The number of piperazine rings is 1. The molecule has 4 rings (SSSR count). The average Bonchev–Trinajstić information content (AvgIpc) is 2.74. The Balaban J connectivity index is 1.40. The van der Waals surface area contributed by atoms with Crippen LogP contribution in [0, 0.1) is 0 Å². The minimum absolute atomic E-state index is 0.0515. The molecule has 0 bridgehead atoms. The molecule has 27 heavy (non-hydrogen) atoms. The van der Waals surface area contributed by atoms with Gasteiger partial charge in [0.2, 0.25) is 0 Å². The molecule has 1 aliphatic rings. The van der Waals surface area contributed by atoms with E-state index in [2.05, 4.69) is 29.2 Å². The SMILES string of the molecule is C[C@H](Oc1cccc2ccccc12)C(=O)N1CCN(c2ccccc2)CC1. The molecular weight excluding hydrogens is 336 g/mol. The first kappa shape index (κ1) is 17.4. The standard InChI is InChI=1S/C23H24N2O2/c1-18(27-22-13-7-9-19-8-5-6-12-21(19)22)23(26)25-16-14-24(15-17-25)20-10-3-2-4-11-20/h2-13,18H,14-17H2,1H3/t18-/m0/s1. The van der Waals surface area contributed by atoms with E-state index in [0.717, 1.165) is 42.7 Å².